The molecular weight excluding hydrogens is 336 g/mol. The Labute approximate surface area is 149 Å². The molecule has 6 nitrogen and oxygen atoms in total. The number of carbonyl (C=O) groups is 1. The molecule has 0 radical (unpaired) electrons. The van der Waals surface area contributed by atoms with Gasteiger partial charge in [0.05, 0.1) is 0 Å². The maximum atomic E-state index is 12.4. The lowest BCUT2D eigenvalue weighted by Crippen LogP contribution is -2.44. The van der Waals surface area contributed by atoms with Gasteiger partial charge in [-0.1, -0.05) is 35.5 Å². The number of nitrogens with zero attached hydrogens (tertiary/aromatic N) is 3. The van der Waals surface area contributed by atoms with Gasteiger partial charge in [-0.3, -0.25) is 4.79 Å². The van der Waals surface area contributed by atoms with Crippen LogP contribution in [0.15, 0.2) is 52.5 Å². The number of thiazole rings is 1. The lowest BCUT2D eigenvalue weighted by atomic mass is 10.1. The standard InChI is InChI=1S/C18H18N4O2S/c23-17(15-12-16(24-21-15)13-4-2-1-3-5-13)20-14-6-9-22(10-7-14)18-19-8-11-25-18/h1-5,8,11-12,14H,6-7,9-10H2,(H,20,23). The highest BCUT2D eigenvalue weighted by molar-refractivity contribution is 7.13. The second kappa shape index (κ2) is 7.06. The van der Waals surface area contributed by atoms with Gasteiger partial charge in [0.2, 0.25) is 0 Å². The van der Waals surface area contributed by atoms with E-state index in [9.17, 15) is 4.79 Å². The normalized spacial score (nSPS) is 15.3. The van der Waals surface area contributed by atoms with Crippen LogP contribution in [-0.2, 0) is 0 Å². The van der Waals surface area contributed by atoms with E-state index in [1.807, 2.05) is 41.9 Å². The van der Waals surface area contributed by atoms with Crippen molar-refractivity contribution in [3.05, 3.63) is 53.7 Å². The number of aromatic nitrogens is 2. The number of benzene rings is 1. The van der Waals surface area contributed by atoms with Crippen LogP contribution in [0.1, 0.15) is 23.3 Å². The molecule has 0 aliphatic carbocycles. The van der Waals surface area contributed by atoms with Crippen LogP contribution >= 0.6 is 11.3 Å². The number of carbonyl (C=O) groups excluding carboxylic acids is 1. The minimum absolute atomic E-state index is 0.153. The lowest BCUT2D eigenvalue weighted by Gasteiger charge is -2.31. The summed E-state index contributed by atoms with van der Waals surface area (Å²) in [6.07, 6.45) is 3.62. The van der Waals surface area contributed by atoms with E-state index >= 15 is 0 Å². The second-order valence-electron chi connectivity index (χ2n) is 5.99. The molecule has 128 valence electrons. The number of rotatable bonds is 4. The molecule has 25 heavy (non-hydrogen) atoms. The molecule has 4 rings (SSSR count). The molecular formula is C18H18N4O2S. The van der Waals surface area contributed by atoms with Crippen LogP contribution in [0.25, 0.3) is 11.3 Å². The summed E-state index contributed by atoms with van der Waals surface area (Å²) in [5.41, 5.74) is 1.23. The Morgan fingerprint density at radius 3 is 2.76 bits per heavy atom. The first kappa shape index (κ1) is 15.8. The Hall–Kier alpha value is -2.67. The molecule has 1 fully saturated rings. The fourth-order valence-corrected chi connectivity index (χ4v) is 3.66. The summed E-state index contributed by atoms with van der Waals surface area (Å²) in [5, 5.41) is 10.0. The first-order chi connectivity index (χ1) is 12.3. The second-order valence-corrected chi connectivity index (χ2v) is 6.86. The monoisotopic (exact) mass is 354 g/mol. The number of anilines is 1. The van der Waals surface area contributed by atoms with Crippen molar-refractivity contribution >= 4 is 22.4 Å². The highest BCUT2D eigenvalue weighted by Gasteiger charge is 2.23. The summed E-state index contributed by atoms with van der Waals surface area (Å²) in [6.45, 7) is 1.79. The van der Waals surface area contributed by atoms with E-state index in [0.717, 1.165) is 36.6 Å². The molecule has 1 saturated heterocycles. The summed E-state index contributed by atoms with van der Waals surface area (Å²) in [4.78, 5) is 19.0. The zero-order chi connectivity index (χ0) is 17.1. The zero-order valence-corrected chi connectivity index (χ0v) is 14.4. The molecule has 0 spiro atoms. The van der Waals surface area contributed by atoms with Gasteiger partial charge in [-0.25, -0.2) is 4.98 Å². The molecule has 0 saturated carbocycles. The highest BCUT2D eigenvalue weighted by atomic mass is 32.1. The van der Waals surface area contributed by atoms with Crippen molar-refractivity contribution in [3.63, 3.8) is 0 Å². The predicted octanol–water partition coefficient (Wildman–Crippen LogP) is 3.20. The van der Waals surface area contributed by atoms with Crippen LogP contribution in [0, 0.1) is 0 Å². The quantitative estimate of drug-likeness (QED) is 0.779. The minimum Gasteiger partial charge on any atom is -0.355 e. The van der Waals surface area contributed by atoms with E-state index in [1.54, 1.807) is 17.4 Å². The van der Waals surface area contributed by atoms with Gasteiger partial charge in [0.15, 0.2) is 16.6 Å². The third-order valence-electron chi connectivity index (χ3n) is 4.32. The summed E-state index contributed by atoms with van der Waals surface area (Å²) >= 11 is 1.65. The molecule has 1 aromatic carbocycles. The smallest absolute Gasteiger partial charge is 0.273 e. The summed E-state index contributed by atoms with van der Waals surface area (Å²) in [6, 6.07) is 11.5. The van der Waals surface area contributed by atoms with Crippen LogP contribution in [0.4, 0.5) is 5.13 Å². The van der Waals surface area contributed by atoms with E-state index < -0.39 is 0 Å². The van der Waals surface area contributed by atoms with E-state index in [1.165, 1.54) is 0 Å². The first-order valence-corrected chi connectivity index (χ1v) is 9.15. The molecule has 1 aliphatic heterocycles. The Bertz CT molecular complexity index is 824. The Balaban J connectivity index is 1.35. The topological polar surface area (TPSA) is 71.3 Å². The van der Waals surface area contributed by atoms with Crippen molar-refractivity contribution < 1.29 is 9.32 Å². The lowest BCUT2D eigenvalue weighted by molar-refractivity contribution is 0.0922. The fraction of sp³-hybridized carbons (Fsp3) is 0.278. The predicted molar refractivity (Wildman–Crippen MR) is 96.8 cm³/mol. The molecule has 3 aromatic rings. The van der Waals surface area contributed by atoms with Crippen LogP contribution in [-0.4, -0.2) is 35.2 Å². The molecule has 1 N–H and O–H groups in total. The third-order valence-corrected chi connectivity index (χ3v) is 5.15. The van der Waals surface area contributed by atoms with E-state index in [4.69, 9.17) is 4.52 Å². The number of hydrogen-bond donors (Lipinski definition) is 1. The van der Waals surface area contributed by atoms with Gasteiger partial charge in [-0.15, -0.1) is 11.3 Å². The SMILES string of the molecule is O=C(NC1CCN(c2nccs2)CC1)c1cc(-c2ccccc2)on1. The van der Waals surface area contributed by atoms with Gasteiger partial charge in [0, 0.05) is 42.3 Å². The first-order valence-electron chi connectivity index (χ1n) is 8.27. The van der Waals surface area contributed by atoms with E-state index in [-0.39, 0.29) is 11.9 Å². The maximum Gasteiger partial charge on any atom is 0.273 e. The fourth-order valence-electron chi connectivity index (χ4n) is 2.97. The average molecular weight is 354 g/mol. The van der Waals surface area contributed by atoms with Gasteiger partial charge >= 0.3 is 0 Å². The van der Waals surface area contributed by atoms with Crippen molar-refractivity contribution in [2.75, 3.05) is 18.0 Å². The average Bonchev–Trinajstić information content (AvgIpc) is 3.35. The van der Waals surface area contributed by atoms with Crippen molar-refractivity contribution in [2.24, 2.45) is 0 Å². The van der Waals surface area contributed by atoms with Gasteiger partial charge in [0.25, 0.3) is 5.91 Å². The Kier molecular flexibility index (Phi) is 4.47. The van der Waals surface area contributed by atoms with Gasteiger partial charge < -0.3 is 14.7 Å². The molecule has 7 heteroatoms. The number of amides is 1. The molecule has 0 atom stereocenters. The van der Waals surface area contributed by atoms with Crippen molar-refractivity contribution in [2.45, 2.75) is 18.9 Å². The zero-order valence-electron chi connectivity index (χ0n) is 13.6. The van der Waals surface area contributed by atoms with Crippen LogP contribution < -0.4 is 10.2 Å². The maximum absolute atomic E-state index is 12.4. The van der Waals surface area contributed by atoms with Crippen LogP contribution in [0.3, 0.4) is 0 Å². The molecule has 1 amide bonds. The summed E-state index contributed by atoms with van der Waals surface area (Å²) < 4.78 is 5.30. The van der Waals surface area contributed by atoms with Crippen molar-refractivity contribution in [1.82, 2.24) is 15.5 Å². The van der Waals surface area contributed by atoms with Crippen molar-refractivity contribution in [1.29, 1.82) is 0 Å². The van der Waals surface area contributed by atoms with Gasteiger partial charge in [0.1, 0.15) is 0 Å². The minimum atomic E-state index is -0.182. The molecule has 2 aromatic heterocycles. The molecule has 1 aliphatic rings. The van der Waals surface area contributed by atoms with E-state index in [0.29, 0.717) is 11.5 Å². The van der Waals surface area contributed by atoms with Gasteiger partial charge in [-0.2, -0.15) is 0 Å². The van der Waals surface area contributed by atoms with E-state index in [2.05, 4.69) is 20.4 Å². The Morgan fingerprint density at radius 2 is 2.04 bits per heavy atom. The van der Waals surface area contributed by atoms with Gasteiger partial charge in [-0.05, 0) is 12.8 Å². The van der Waals surface area contributed by atoms with Crippen molar-refractivity contribution in [3.8, 4) is 11.3 Å². The number of hydrogen-bond acceptors (Lipinski definition) is 6. The Morgan fingerprint density at radius 1 is 1.24 bits per heavy atom. The summed E-state index contributed by atoms with van der Waals surface area (Å²) in [5.74, 6) is 0.419. The third kappa shape index (κ3) is 3.56. The number of piperidine rings is 1. The molecule has 3 heterocycles. The summed E-state index contributed by atoms with van der Waals surface area (Å²) in [7, 11) is 0. The van der Waals surface area contributed by atoms with Crippen LogP contribution in [0.5, 0.6) is 0 Å². The highest BCUT2D eigenvalue weighted by Crippen LogP contribution is 2.23. The molecule has 0 unspecified atom stereocenters. The largest absolute Gasteiger partial charge is 0.355 e. The molecule has 0 bridgehead atoms. The number of nitrogens with one attached hydrogen (secondary N) is 1. The van der Waals surface area contributed by atoms with Crippen LogP contribution in [0.2, 0.25) is 0 Å².